The zero-order valence-electron chi connectivity index (χ0n) is 15.7. The molecule has 0 aliphatic rings. The van der Waals surface area contributed by atoms with Crippen LogP contribution in [0.1, 0.15) is 15.9 Å². The Labute approximate surface area is 178 Å². The van der Waals surface area contributed by atoms with E-state index in [0.717, 1.165) is 16.8 Å². The lowest BCUT2D eigenvalue weighted by molar-refractivity contribution is -0.137. The largest absolute Gasteiger partial charge is 0.508 e. The van der Waals surface area contributed by atoms with Crippen molar-refractivity contribution in [2.75, 3.05) is 18.4 Å². The van der Waals surface area contributed by atoms with Crippen molar-refractivity contribution in [2.24, 2.45) is 0 Å². The van der Waals surface area contributed by atoms with Crippen molar-refractivity contribution < 1.29 is 23.1 Å². The highest BCUT2D eigenvalue weighted by Crippen LogP contribution is 2.28. The van der Waals surface area contributed by atoms with E-state index in [-0.39, 0.29) is 41.3 Å². The molecule has 8 nitrogen and oxygen atoms in total. The summed E-state index contributed by atoms with van der Waals surface area (Å²) in [5, 5.41) is 18.4. The van der Waals surface area contributed by atoms with Crippen LogP contribution in [-0.4, -0.2) is 38.9 Å². The topological polar surface area (TPSA) is 109 Å². The van der Waals surface area contributed by atoms with Gasteiger partial charge in [-0.05, 0) is 36.4 Å². The lowest BCUT2D eigenvalue weighted by Crippen LogP contribution is -2.29. The van der Waals surface area contributed by atoms with Crippen LogP contribution in [0.15, 0.2) is 53.6 Å². The molecule has 162 valence electrons. The molecule has 1 amide bonds. The van der Waals surface area contributed by atoms with Gasteiger partial charge in [-0.15, -0.1) is 0 Å². The number of nitrogens with zero attached hydrogens (tertiary/aromatic N) is 3. The van der Waals surface area contributed by atoms with Gasteiger partial charge >= 0.3 is 6.18 Å². The number of benzene rings is 1. The molecule has 0 aliphatic carbocycles. The van der Waals surface area contributed by atoms with Crippen LogP contribution in [0.25, 0.3) is 5.82 Å². The van der Waals surface area contributed by atoms with E-state index in [1.165, 1.54) is 30.5 Å². The third-order valence-electron chi connectivity index (χ3n) is 4.07. The van der Waals surface area contributed by atoms with E-state index in [4.69, 9.17) is 11.6 Å². The van der Waals surface area contributed by atoms with E-state index >= 15 is 0 Å². The Morgan fingerprint density at radius 3 is 2.42 bits per heavy atom. The highest BCUT2D eigenvalue weighted by Gasteiger charge is 2.30. The number of halogens is 4. The Morgan fingerprint density at radius 1 is 1.10 bits per heavy atom. The van der Waals surface area contributed by atoms with E-state index in [1.54, 1.807) is 0 Å². The molecule has 2 heterocycles. The number of carbonyl (C=O) groups excluding carboxylic acids is 1. The van der Waals surface area contributed by atoms with Gasteiger partial charge in [0.2, 0.25) is 0 Å². The molecule has 12 heteroatoms. The molecule has 0 spiro atoms. The minimum Gasteiger partial charge on any atom is -0.508 e. The Morgan fingerprint density at radius 2 is 1.81 bits per heavy atom. The maximum absolute atomic E-state index is 12.6. The van der Waals surface area contributed by atoms with Gasteiger partial charge in [0.15, 0.2) is 5.82 Å². The molecule has 0 saturated carbocycles. The van der Waals surface area contributed by atoms with Gasteiger partial charge in [-0.25, -0.2) is 4.98 Å². The monoisotopic (exact) mass is 453 g/mol. The van der Waals surface area contributed by atoms with Gasteiger partial charge < -0.3 is 15.7 Å². The Bertz CT molecular complexity index is 1130. The van der Waals surface area contributed by atoms with Gasteiger partial charge in [0.05, 0.1) is 17.4 Å². The molecule has 0 bridgehead atoms. The summed E-state index contributed by atoms with van der Waals surface area (Å²) in [6.45, 7) is 0.410. The second-order valence-corrected chi connectivity index (χ2v) is 6.60. The lowest BCUT2D eigenvalue weighted by atomic mass is 10.2. The number of alkyl halides is 3. The fraction of sp³-hybridized carbons (Fsp3) is 0.158. The number of aromatic nitrogens is 3. The first-order valence-electron chi connectivity index (χ1n) is 8.79. The molecule has 3 N–H and O–H groups in total. The molecule has 2 aromatic heterocycles. The molecule has 0 aliphatic heterocycles. The van der Waals surface area contributed by atoms with Gasteiger partial charge in [0.1, 0.15) is 10.8 Å². The minimum atomic E-state index is -4.55. The average molecular weight is 454 g/mol. The first kappa shape index (κ1) is 22.1. The quantitative estimate of drug-likeness (QED) is 0.495. The van der Waals surface area contributed by atoms with Crippen LogP contribution in [0, 0.1) is 0 Å². The first-order valence-corrected chi connectivity index (χ1v) is 9.17. The van der Waals surface area contributed by atoms with Gasteiger partial charge in [-0.1, -0.05) is 11.6 Å². The number of carbonyl (C=O) groups is 1. The van der Waals surface area contributed by atoms with Crippen molar-refractivity contribution >= 4 is 23.2 Å². The molecule has 1 aromatic carbocycles. The lowest BCUT2D eigenvalue weighted by Gasteiger charge is -2.11. The highest BCUT2D eigenvalue weighted by atomic mass is 35.5. The van der Waals surface area contributed by atoms with Crippen molar-refractivity contribution in [2.45, 2.75) is 6.18 Å². The average Bonchev–Trinajstić information content (AvgIpc) is 2.74. The standard InChI is InChI=1S/C19H15ClF3N5O3/c20-16-14(24-7-8-25-17(30)11-1-4-13(29)5-2-11)10-27-28(18(16)31)15-6-3-12(9-26-15)19(21,22)23/h1-6,9-10,24,29H,7-8H2,(H,25,30). The first-order chi connectivity index (χ1) is 14.7. The Kier molecular flexibility index (Phi) is 6.44. The minimum absolute atomic E-state index is 0.0431. The molecular weight excluding hydrogens is 439 g/mol. The van der Waals surface area contributed by atoms with Gasteiger partial charge in [0, 0.05) is 24.8 Å². The Hall–Kier alpha value is -3.60. The van der Waals surface area contributed by atoms with E-state index in [1.807, 2.05) is 0 Å². The fourth-order valence-electron chi connectivity index (χ4n) is 2.49. The second kappa shape index (κ2) is 9.04. The van der Waals surface area contributed by atoms with Crippen molar-refractivity contribution in [1.82, 2.24) is 20.1 Å². The predicted octanol–water partition coefficient (Wildman–Crippen LogP) is 2.85. The third-order valence-corrected chi connectivity index (χ3v) is 4.43. The molecule has 0 saturated heterocycles. The maximum Gasteiger partial charge on any atom is 0.417 e. The summed E-state index contributed by atoms with van der Waals surface area (Å²) in [5.74, 6) is -0.427. The van der Waals surface area contributed by atoms with E-state index in [0.29, 0.717) is 11.8 Å². The number of pyridine rings is 1. The number of hydrogen-bond donors (Lipinski definition) is 3. The van der Waals surface area contributed by atoms with Crippen LogP contribution in [0.4, 0.5) is 18.9 Å². The van der Waals surface area contributed by atoms with E-state index in [2.05, 4.69) is 20.7 Å². The van der Waals surface area contributed by atoms with Gasteiger partial charge in [-0.2, -0.15) is 23.0 Å². The molecule has 31 heavy (non-hydrogen) atoms. The molecular formula is C19H15ClF3N5O3. The summed E-state index contributed by atoms with van der Waals surface area (Å²) in [4.78, 5) is 28.0. The molecule has 0 atom stereocenters. The van der Waals surface area contributed by atoms with Crippen LogP contribution in [0.5, 0.6) is 5.75 Å². The van der Waals surface area contributed by atoms with Crippen LogP contribution in [0.3, 0.4) is 0 Å². The van der Waals surface area contributed by atoms with E-state index < -0.39 is 17.3 Å². The van der Waals surface area contributed by atoms with Crippen molar-refractivity contribution in [1.29, 1.82) is 0 Å². The number of nitrogens with one attached hydrogen (secondary N) is 2. The highest BCUT2D eigenvalue weighted by molar-refractivity contribution is 6.32. The third kappa shape index (κ3) is 5.31. The summed E-state index contributed by atoms with van der Waals surface area (Å²) in [5.41, 5.74) is -1.17. The van der Waals surface area contributed by atoms with Crippen molar-refractivity contribution in [3.63, 3.8) is 0 Å². The molecule has 0 fully saturated rings. The zero-order chi connectivity index (χ0) is 22.6. The van der Waals surface area contributed by atoms with Gasteiger partial charge in [-0.3, -0.25) is 9.59 Å². The Balaban J connectivity index is 1.62. The smallest absolute Gasteiger partial charge is 0.417 e. The number of rotatable bonds is 6. The summed E-state index contributed by atoms with van der Waals surface area (Å²) >= 11 is 6.05. The predicted molar refractivity (Wildman–Crippen MR) is 107 cm³/mol. The number of amides is 1. The number of phenols is 1. The molecule has 0 radical (unpaired) electrons. The van der Waals surface area contributed by atoms with Crippen LogP contribution < -0.4 is 16.2 Å². The molecule has 3 rings (SSSR count). The summed E-state index contributed by atoms with van der Waals surface area (Å²) in [6.07, 6.45) is -2.72. The van der Waals surface area contributed by atoms with Crippen LogP contribution in [0.2, 0.25) is 5.02 Å². The summed E-state index contributed by atoms with van der Waals surface area (Å²) in [6, 6.07) is 7.51. The number of hydrogen-bond acceptors (Lipinski definition) is 6. The van der Waals surface area contributed by atoms with Crippen molar-refractivity contribution in [3.8, 4) is 11.6 Å². The number of phenolic OH excluding ortho intramolecular Hbond substituents is 1. The number of aromatic hydroxyl groups is 1. The summed E-state index contributed by atoms with van der Waals surface area (Å²) < 4.78 is 38.7. The maximum atomic E-state index is 12.6. The van der Waals surface area contributed by atoms with Gasteiger partial charge in [0.25, 0.3) is 11.5 Å². The molecule has 3 aromatic rings. The van der Waals surface area contributed by atoms with E-state index in [9.17, 15) is 27.9 Å². The second-order valence-electron chi connectivity index (χ2n) is 6.22. The normalized spacial score (nSPS) is 11.2. The zero-order valence-corrected chi connectivity index (χ0v) is 16.4. The number of anilines is 1. The SMILES string of the molecule is O=C(NCCNc1cnn(-c2ccc(C(F)(F)F)cn2)c(=O)c1Cl)c1ccc(O)cc1. The van der Waals surface area contributed by atoms with Crippen LogP contribution in [-0.2, 0) is 6.18 Å². The van der Waals surface area contributed by atoms with Crippen LogP contribution >= 0.6 is 11.6 Å². The fourth-order valence-corrected chi connectivity index (χ4v) is 2.68. The van der Waals surface area contributed by atoms with Crippen molar-refractivity contribution in [3.05, 3.63) is 75.3 Å². The molecule has 0 unspecified atom stereocenters. The summed E-state index contributed by atoms with van der Waals surface area (Å²) in [7, 11) is 0.